The van der Waals surface area contributed by atoms with Crippen LogP contribution >= 0.6 is 23.5 Å². The quantitative estimate of drug-likeness (QED) is 0.450. The van der Waals surface area contributed by atoms with E-state index in [1.54, 1.807) is 0 Å². The summed E-state index contributed by atoms with van der Waals surface area (Å²) in [6.45, 7) is 14.4. The molecule has 0 aliphatic carbocycles. The van der Waals surface area contributed by atoms with Crippen LogP contribution < -0.4 is 0 Å². The summed E-state index contributed by atoms with van der Waals surface area (Å²) in [5.41, 5.74) is 0. The Kier molecular flexibility index (Phi) is 12.8. The second-order valence-corrected chi connectivity index (χ2v) is 8.87. The Labute approximate surface area is 130 Å². The van der Waals surface area contributed by atoms with Gasteiger partial charge in [-0.1, -0.05) is 27.7 Å². The molecule has 0 radical (unpaired) electrons. The molecule has 116 valence electrons. The van der Waals surface area contributed by atoms with Gasteiger partial charge in [0, 0.05) is 11.0 Å². The van der Waals surface area contributed by atoms with Crippen LogP contribution in [0.3, 0.4) is 0 Å². The maximum atomic E-state index is 5.81. The van der Waals surface area contributed by atoms with E-state index in [1.165, 1.54) is 30.1 Å². The number of rotatable bonds is 12. The van der Waals surface area contributed by atoms with Gasteiger partial charge in [-0.25, -0.2) is 0 Å². The summed E-state index contributed by atoms with van der Waals surface area (Å²) in [6, 6.07) is 0. The topological polar surface area (TPSA) is 9.23 Å². The fourth-order valence-corrected chi connectivity index (χ4v) is 4.40. The largest absolute Gasteiger partial charge is 0.378 e. The molecular weight excluding hydrogens is 272 g/mol. The molecule has 0 heterocycles. The van der Waals surface area contributed by atoms with E-state index in [4.69, 9.17) is 4.74 Å². The van der Waals surface area contributed by atoms with E-state index >= 15 is 0 Å². The first-order valence-electron chi connectivity index (χ1n) is 7.72. The third kappa shape index (κ3) is 14.9. The van der Waals surface area contributed by atoms with Crippen LogP contribution in [0.1, 0.15) is 54.4 Å². The van der Waals surface area contributed by atoms with E-state index in [1.807, 2.05) is 0 Å². The van der Waals surface area contributed by atoms with E-state index in [-0.39, 0.29) is 0 Å². The summed E-state index contributed by atoms with van der Waals surface area (Å²) in [6.07, 6.45) is 3.01. The predicted octanol–water partition coefficient (Wildman–Crippen LogP) is 5.34. The van der Waals surface area contributed by atoms with E-state index in [9.17, 15) is 0 Å². The summed E-state index contributed by atoms with van der Waals surface area (Å²) in [4.78, 5) is 0. The molecule has 0 aromatic rings. The maximum absolute atomic E-state index is 5.81. The summed E-state index contributed by atoms with van der Waals surface area (Å²) < 4.78 is 5.81. The molecule has 0 aliphatic rings. The summed E-state index contributed by atoms with van der Waals surface area (Å²) in [5.74, 6) is 5.44. The van der Waals surface area contributed by atoms with Crippen molar-refractivity contribution in [3.05, 3.63) is 0 Å². The second kappa shape index (κ2) is 12.4. The van der Waals surface area contributed by atoms with E-state index < -0.39 is 0 Å². The Morgan fingerprint density at radius 2 is 1.42 bits per heavy atom. The van der Waals surface area contributed by atoms with Crippen LogP contribution in [0.15, 0.2) is 0 Å². The zero-order valence-electron chi connectivity index (χ0n) is 13.8. The van der Waals surface area contributed by atoms with Gasteiger partial charge in [-0.15, -0.1) is 0 Å². The van der Waals surface area contributed by atoms with Crippen molar-refractivity contribution in [3.8, 4) is 0 Å². The number of thioether (sulfide) groups is 2. The molecule has 0 amide bonds. The van der Waals surface area contributed by atoms with Crippen molar-refractivity contribution in [3.63, 3.8) is 0 Å². The van der Waals surface area contributed by atoms with E-state index in [2.05, 4.69) is 65.1 Å². The predicted molar refractivity (Wildman–Crippen MR) is 93.6 cm³/mol. The van der Waals surface area contributed by atoms with Crippen molar-refractivity contribution >= 4 is 23.5 Å². The molecule has 19 heavy (non-hydrogen) atoms. The summed E-state index contributed by atoms with van der Waals surface area (Å²) >= 11 is 4.20. The van der Waals surface area contributed by atoms with Gasteiger partial charge >= 0.3 is 0 Å². The molecule has 0 rings (SSSR count). The standard InChI is InChI=1S/C16H34OS2/c1-13(2)7-9-18-12-16(11-17-15(5)6)19-10-8-14(3)4/h13-16H,7-12H2,1-6H3. The minimum atomic E-state index is 0.355. The molecular formula is C16H34OS2. The van der Waals surface area contributed by atoms with E-state index in [0.29, 0.717) is 11.4 Å². The van der Waals surface area contributed by atoms with Gasteiger partial charge in [0.2, 0.25) is 0 Å². The Morgan fingerprint density at radius 3 is 1.95 bits per heavy atom. The SMILES string of the molecule is CC(C)CCSCC(COC(C)C)SCCC(C)C. The molecule has 0 spiro atoms. The first kappa shape index (κ1) is 19.7. The maximum Gasteiger partial charge on any atom is 0.0596 e. The van der Waals surface area contributed by atoms with Gasteiger partial charge in [-0.2, -0.15) is 23.5 Å². The van der Waals surface area contributed by atoms with Crippen molar-refractivity contribution in [1.82, 2.24) is 0 Å². The fourth-order valence-electron chi connectivity index (χ4n) is 1.45. The molecule has 1 unspecified atom stereocenters. The molecule has 1 nitrogen and oxygen atoms in total. The molecule has 3 heteroatoms. The number of ether oxygens (including phenoxy) is 1. The van der Waals surface area contributed by atoms with Crippen LogP contribution in [-0.2, 0) is 4.74 Å². The highest BCUT2D eigenvalue weighted by Gasteiger charge is 2.11. The smallest absolute Gasteiger partial charge is 0.0596 e. The molecule has 0 aromatic carbocycles. The monoisotopic (exact) mass is 306 g/mol. The van der Waals surface area contributed by atoms with Gasteiger partial charge in [0.1, 0.15) is 0 Å². The summed E-state index contributed by atoms with van der Waals surface area (Å²) in [7, 11) is 0. The zero-order chi connectivity index (χ0) is 14.7. The van der Waals surface area contributed by atoms with Crippen LogP contribution in [-0.4, -0.2) is 35.2 Å². The Morgan fingerprint density at radius 1 is 0.842 bits per heavy atom. The van der Waals surface area contributed by atoms with Gasteiger partial charge in [-0.3, -0.25) is 0 Å². The Hall–Kier alpha value is 0.660. The van der Waals surface area contributed by atoms with Crippen molar-refractivity contribution in [2.75, 3.05) is 23.9 Å². The average molecular weight is 307 g/mol. The first-order valence-corrected chi connectivity index (χ1v) is 9.93. The lowest BCUT2D eigenvalue weighted by atomic mass is 10.2. The molecule has 0 fully saturated rings. The zero-order valence-corrected chi connectivity index (χ0v) is 15.4. The highest BCUT2D eigenvalue weighted by molar-refractivity contribution is 8.03. The van der Waals surface area contributed by atoms with Crippen LogP contribution in [0.4, 0.5) is 0 Å². The van der Waals surface area contributed by atoms with Crippen molar-refractivity contribution in [1.29, 1.82) is 0 Å². The highest BCUT2D eigenvalue weighted by Crippen LogP contribution is 2.21. The van der Waals surface area contributed by atoms with Crippen LogP contribution in [0.5, 0.6) is 0 Å². The summed E-state index contributed by atoms with van der Waals surface area (Å²) in [5, 5.41) is 0.665. The van der Waals surface area contributed by atoms with Gasteiger partial charge < -0.3 is 4.74 Å². The second-order valence-electron chi connectivity index (χ2n) is 6.31. The minimum absolute atomic E-state index is 0.355. The molecule has 0 aromatic heterocycles. The third-order valence-electron chi connectivity index (χ3n) is 2.81. The molecule has 0 N–H and O–H groups in total. The highest BCUT2D eigenvalue weighted by atomic mass is 32.2. The molecule has 0 bridgehead atoms. The third-order valence-corrected chi connectivity index (χ3v) is 5.43. The molecule has 0 saturated carbocycles. The molecule has 0 aliphatic heterocycles. The lowest BCUT2D eigenvalue weighted by molar-refractivity contribution is 0.0824. The lowest BCUT2D eigenvalue weighted by Gasteiger charge is -2.19. The van der Waals surface area contributed by atoms with Crippen molar-refractivity contribution < 1.29 is 4.74 Å². The molecule has 0 saturated heterocycles. The van der Waals surface area contributed by atoms with Crippen molar-refractivity contribution in [2.24, 2.45) is 11.8 Å². The lowest BCUT2D eigenvalue weighted by Crippen LogP contribution is -2.19. The van der Waals surface area contributed by atoms with E-state index in [0.717, 1.165) is 18.4 Å². The minimum Gasteiger partial charge on any atom is -0.378 e. The van der Waals surface area contributed by atoms with Crippen LogP contribution in [0, 0.1) is 11.8 Å². The van der Waals surface area contributed by atoms with Crippen LogP contribution in [0.2, 0.25) is 0 Å². The Balaban J connectivity index is 3.82. The number of hydrogen-bond donors (Lipinski definition) is 0. The van der Waals surface area contributed by atoms with Crippen molar-refractivity contribution in [2.45, 2.75) is 65.7 Å². The fraction of sp³-hybridized carbons (Fsp3) is 1.00. The normalized spacial score (nSPS) is 13.7. The first-order chi connectivity index (χ1) is 8.91. The van der Waals surface area contributed by atoms with Gasteiger partial charge in [-0.05, 0) is 50.0 Å². The Bertz CT molecular complexity index is 193. The molecule has 1 atom stereocenters. The van der Waals surface area contributed by atoms with Gasteiger partial charge in [0.05, 0.1) is 12.7 Å². The average Bonchev–Trinajstić information content (AvgIpc) is 2.29. The van der Waals surface area contributed by atoms with Crippen LogP contribution in [0.25, 0.3) is 0 Å². The van der Waals surface area contributed by atoms with Gasteiger partial charge in [0.15, 0.2) is 0 Å². The van der Waals surface area contributed by atoms with Gasteiger partial charge in [0.25, 0.3) is 0 Å². The number of hydrogen-bond acceptors (Lipinski definition) is 3.